The number of sulfonamides is 1. The summed E-state index contributed by atoms with van der Waals surface area (Å²) in [4.78, 5) is 12.5. The molecule has 0 heterocycles. The fraction of sp³-hybridized carbons (Fsp3) is 0.238. The molecule has 0 atom stereocenters. The van der Waals surface area contributed by atoms with E-state index in [0.717, 1.165) is 5.56 Å². The molecule has 2 rings (SSSR count). The van der Waals surface area contributed by atoms with Gasteiger partial charge in [0.1, 0.15) is 4.90 Å². The Morgan fingerprint density at radius 3 is 2.14 bits per heavy atom. The third-order valence-corrected chi connectivity index (χ3v) is 5.49. The van der Waals surface area contributed by atoms with Crippen LogP contribution in [-0.2, 0) is 24.3 Å². The summed E-state index contributed by atoms with van der Waals surface area (Å²) in [6.07, 6.45) is 1.23. The highest BCUT2D eigenvalue weighted by molar-refractivity contribution is 7.85. The molecule has 0 bridgehead atoms. The Morgan fingerprint density at radius 2 is 1.59 bits per heavy atom. The minimum atomic E-state index is -4.26. The number of hydrogen-bond acceptors (Lipinski definition) is 6. The van der Waals surface area contributed by atoms with Gasteiger partial charge in [-0.25, -0.2) is 4.79 Å². The number of aliphatic hydroxyl groups is 1. The van der Waals surface area contributed by atoms with Gasteiger partial charge < -0.3 is 14.6 Å². The lowest BCUT2D eigenvalue weighted by molar-refractivity contribution is -0.308. The van der Waals surface area contributed by atoms with Gasteiger partial charge in [0.05, 0.1) is 13.2 Å². The van der Waals surface area contributed by atoms with Crippen molar-refractivity contribution in [3.63, 3.8) is 0 Å². The van der Waals surface area contributed by atoms with E-state index in [1.165, 1.54) is 18.3 Å². The predicted octanol–water partition coefficient (Wildman–Crippen LogP) is 3.14. The zero-order valence-electron chi connectivity index (χ0n) is 16.5. The second kappa shape index (κ2) is 9.88. The summed E-state index contributed by atoms with van der Waals surface area (Å²) in [7, 11) is -4.26. The first kappa shape index (κ1) is 22.2. The Morgan fingerprint density at radius 1 is 1.00 bits per heavy atom. The van der Waals surface area contributed by atoms with Crippen molar-refractivity contribution >= 4 is 22.2 Å². The van der Waals surface area contributed by atoms with Gasteiger partial charge in [-0.05, 0) is 45.0 Å². The highest BCUT2D eigenvalue weighted by atomic mass is 32.2. The first-order chi connectivity index (χ1) is 13.8. The molecular weight excluding hydrogens is 394 g/mol. The molecule has 0 saturated heterocycles. The SMILES string of the molecule is CCOC(=O)C(=C(\O)OCC)/[N+](=C/c1ccccc1)S(=O)(=O)c1ccc(C)cc1. The number of aryl methyl sites for hydroxylation is 1. The van der Waals surface area contributed by atoms with Crippen LogP contribution in [0.1, 0.15) is 25.0 Å². The third-order valence-electron chi connectivity index (χ3n) is 3.82. The molecule has 154 valence electrons. The van der Waals surface area contributed by atoms with Crippen LogP contribution in [0.5, 0.6) is 0 Å². The predicted molar refractivity (Wildman–Crippen MR) is 108 cm³/mol. The molecule has 0 radical (unpaired) electrons. The van der Waals surface area contributed by atoms with Crippen molar-refractivity contribution in [1.82, 2.24) is 0 Å². The van der Waals surface area contributed by atoms with Gasteiger partial charge in [-0.2, -0.15) is 8.42 Å². The van der Waals surface area contributed by atoms with Crippen molar-refractivity contribution in [3.05, 3.63) is 77.4 Å². The molecule has 0 unspecified atom stereocenters. The number of carbonyl (C=O) groups is 1. The summed E-state index contributed by atoms with van der Waals surface area (Å²) in [5.41, 5.74) is 0.744. The Labute approximate surface area is 170 Å². The maximum Gasteiger partial charge on any atom is 0.412 e. The van der Waals surface area contributed by atoms with Crippen LogP contribution in [0.25, 0.3) is 0 Å². The molecule has 1 N–H and O–H groups in total. The normalized spacial score (nSPS) is 12.9. The first-order valence-electron chi connectivity index (χ1n) is 9.05. The number of esters is 1. The van der Waals surface area contributed by atoms with Crippen LogP contribution in [0, 0.1) is 6.92 Å². The monoisotopic (exact) mass is 418 g/mol. The average Bonchev–Trinajstić information content (AvgIpc) is 2.69. The number of carbonyl (C=O) groups excluding carboxylic acids is 1. The minimum absolute atomic E-state index is 0.00844. The second-order valence-corrected chi connectivity index (χ2v) is 7.78. The maximum absolute atomic E-state index is 13.4. The van der Waals surface area contributed by atoms with E-state index in [1.54, 1.807) is 56.3 Å². The van der Waals surface area contributed by atoms with Gasteiger partial charge in [0, 0.05) is 5.56 Å². The number of nitrogens with zero attached hydrogens (tertiary/aromatic N) is 1. The van der Waals surface area contributed by atoms with Crippen molar-refractivity contribution in [2.75, 3.05) is 13.2 Å². The van der Waals surface area contributed by atoms with E-state index in [-0.39, 0.29) is 18.1 Å². The summed E-state index contributed by atoms with van der Waals surface area (Å²) in [5.74, 6) is -1.87. The molecule has 29 heavy (non-hydrogen) atoms. The van der Waals surface area contributed by atoms with E-state index < -0.39 is 27.6 Å². The number of benzene rings is 2. The van der Waals surface area contributed by atoms with Gasteiger partial charge in [-0.1, -0.05) is 39.9 Å². The molecular formula is C21H24NO6S+. The fourth-order valence-electron chi connectivity index (χ4n) is 2.43. The van der Waals surface area contributed by atoms with E-state index in [0.29, 0.717) is 9.54 Å². The molecule has 0 amide bonds. The van der Waals surface area contributed by atoms with E-state index in [4.69, 9.17) is 9.47 Å². The highest BCUT2D eigenvalue weighted by Crippen LogP contribution is 2.20. The average molecular weight is 418 g/mol. The molecule has 2 aromatic rings. The summed E-state index contributed by atoms with van der Waals surface area (Å²) in [6.45, 7) is 5.02. The van der Waals surface area contributed by atoms with Crippen molar-refractivity contribution in [2.24, 2.45) is 0 Å². The lowest BCUT2D eigenvalue weighted by atomic mass is 10.2. The van der Waals surface area contributed by atoms with Gasteiger partial charge in [0.25, 0.3) is 0 Å². The zero-order chi connectivity index (χ0) is 21.4. The lowest BCUT2D eigenvalue weighted by Gasteiger charge is -2.09. The molecule has 0 saturated carbocycles. The van der Waals surface area contributed by atoms with Crippen molar-refractivity contribution in [3.8, 4) is 0 Å². The van der Waals surface area contributed by atoms with Crippen LogP contribution < -0.4 is 0 Å². The Hall–Kier alpha value is -3.13. The molecule has 8 heteroatoms. The molecule has 0 aliphatic carbocycles. The minimum Gasteiger partial charge on any atom is -0.476 e. The number of rotatable bonds is 8. The Kier molecular flexibility index (Phi) is 7.55. The molecule has 0 aromatic heterocycles. The van der Waals surface area contributed by atoms with Crippen molar-refractivity contribution in [1.29, 1.82) is 0 Å². The third kappa shape index (κ3) is 5.45. The smallest absolute Gasteiger partial charge is 0.412 e. The lowest BCUT2D eigenvalue weighted by Crippen LogP contribution is -2.30. The fourth-order valence-corrected chi connectivity index (χ4v) is 3.79. The molecule has 2 aromatic carbocycles. The topological polar surface area (TPSA) is 92.9 Å². The van der Waals surface area contributed by atoms with Crippen LogP contribution >= 0.6 is 0 Å². The van der Waals surface area contributed by atoms with E-state index in [1.807, 2.05) is 6.92 Å². The quantitative estimate of drug-likeness (QED) is 0.233. The number of aliphatic hydroxyl groups excluding tert-OH is 1. The van der Waals surface area contributed by atoms with Crippen LogP contribution in [0.4, 0.5) is 0 Å². The van der Waals surface area contributed by atoms with Crippen molar-refractivity contribution in [2.45, 2.75) is 25.7 Å². The van der Waals surface area contributed by atoms with Crippen LogP contribution in [0.2, 0.25) is 0 Å². The summed E-state index contributed by atoms with van der Waals surface area (Å²) in [6, 6.07) is 14.7. The molecule has 0 aliphatic rings. The van der Waals surface area contributed by atoms with Gasteiger partial charge >= 0.3 is 27.6 Å². The van der Waals surface area contributed by atoms with Crippen LogP contribution in [-0.4, -0.2) is 42.9 Å². The summed E-state index contributed by atoms with van der Waals surface area (Å²) in [5, 5.41) is 10.3. The Bertz CT molecular complexity index is 1010. The molecule has 0 spiro atoms. The molecule has 0 fully saturated rings. The number of ether oxygens (including phenoxy) is 2. The number of hydrogen-bond donors (Lipinski definition) is 1. The van der Waals surface area contributed by atoms with E-state index in [2.05, 4.69) is 0 Å². The summed E-state index contributed by atoms with van der Waals surface area (Å²) < 4.78 is 37.5. The molecule has 7 nitrogen and oxygen atoms in total. The van der Waals surface area contributed by atoms with Gasteiger partial charge in [0.2, 0.25) is 0 Å². The zero-order valence-corrected chi connectivity index (χ0v) is 17.3. The largest absolute Gasteiger partial charge is 0.476 e. The standard InChI is InChI=1S/C21H23NO6S/c1-4-27-20(23)19(21(24)28-5-2)22(15-17-9-7-6-8-10-17)29(25,26)18-13-11-16(3)12-14-18/h6-15H,4-5H2,1-3H3/p+1/b22-15-. The van der Waals surface area contributed by atoms with Gasteiger partial charge in [0.15, 0.2) is 6.21 Å². The van der Waals surface area contributed by atoms with E-state index >= 15 is 0 Å². The maximum atomic E-state index is 13.4. The Balaban J connectivity index is 2.78. The van der Waals surface area contributed by atoms with E-state index in [9.17, 15) is 18.3 Å². The van der Waals surface area contributed by atoms with Crippen molar-refractivity contribution < 1.29 is 31.8 Å². The molecule has 0 aliphatic heterocycles. The van der Waals surface area contributed by atoms with Gasteiger partial charge in [-0.3, -0.25) is 0 Å². The van der Waals surface area contributed by atoms with Gasteiger partial charge in [-0.15, -0.1) is 0 Å². The van der Waals surface area contributed by atoms with Crippen LogP contribution in [0.15, 0.2) is 71.1 Å². The second-order valence-electron chi connectivity index (χ2n) is 5.96. The summed E-state index contributed by atoms with van der Waals surface area (Å²) >= 11 is 0. The highest BCUT2D eigenvalue weighted by Gasteiger charge is 2.41. The first-order valence-corrected chi connectivity index (χ1v) is 10.5. The van der Waals surface area contributed by atoms with Crippen LogP contribution in [0.3, 0.4) is 0 Å².